The molecule has 0 aromatic heterocycles. The molecule has 29 heavy (non-hydrogen) atoms. The van der Waals surface area contributed by atoms with Crippen molar-refractivity contribution in [3.05, 3.63) is 60.2 Å². The molecular formula is C23H29N3O3. The predicted molar refractivity (Wildman–Crippen MR) is 114 cm³/mol. The lowest BCUT2D eigenvalue weighted by Gasteiger charge is -2.29. The van der Waals surface area contributed by atoms with Gasteiger partial charge in [-0.25, -0.2) is 0 Å². The third kappa shape index (κ3) is 5.57. The fraction of sp³-hybridized carbons (Fsp3) is 0.391. The number of nitrogens with zero attached hydrogens (tertiary/aromatic N) is 2. The largest absolute Gasteiger partial charge is 0.495 e. The number of carbonyl (C=O) groups is 2. The quantitative estimate of drug-likeness (QED) is 0.708. The van der Waals surface area contributed by atoms with Crippen LogP contribution in [0.25, 0.3) is 0 Å². The predicted octanol–water partition coefficient (Wildman–Crippen LogP) is 2.61. The highest BCUT2D eigenvalue weighted by Crippen LogP contribution is 2.29. The molecule has 3 rings (SSSR count). The standard InChI is InChI=1S/C23H29N3O3/c1-29-21-12-6-5-11-20(21)26(15-13-22(24)27)23(28)17-25-14-7-10-19(25)16-18-8-3-2-4-9-18/h2-6,8-9,11-12,19H,7,10,13-17H2,1H3,(H2,24,27). The Hall–Kier alpha value is -2.86. The molecule has 1 aliphatic heterocycles. The molecule has 1 aliphatic rings. The molecular weight excluding hydrogens is 366 g/mol. The van der Waals surface area contributed by atoms with Gasteiger partial charge in [-0.05, 0) is 43.5 Å². The van der Waals surface area contributed by atoms with Gasteiger partial charge in [-0.3, -0.25) is 14.5 Å². The van der Waals surface area contributed by atoms with E-state index in [1.165, 1.54) is 5.56 Å². The maximum atomic E-state index is 13.3. The number of para-hydroxylation sites is 2. The van der Waals surface area contributed by atoms with Crippen LogP contribution in [0.2, 0.25) is 0 Å². The molecule has 0 saturated carbocycles. The highest BCUT2D eigenvalue weighted by Gasteiger charge is 2.29. The molecule has 1 heterocycles. The van der Waals surface area contributed by atoms with Crippen molar-refractivity contribution in [2.75, 3.05) is 31.6 Å². The number of ether oxygens (including phenoxy) is 1. The number of benzene rings is 2. The highest BCUT2D eigenvalue weighted by atomic mass is 16.5. The fourth-order valence-electron chi connectivity index (χ4n) is 3.93. The molecule has 0 bridgehead atoms. The Morgan fingerprint density at radius 2 is 1.86 bits per heavy atom. The Balaban J connectivity index is 1.74. The van der Waals surface area contributed by atoms with Crippen LogP contribution in [0, 0.1) is 0 Å². The van der Waals surface area contributed by atoms with E-state index in [2.05, 4.69) is 17.0 Å². The topological polar surface area (TPSA) is 75.9 Å². The number of amides is 2. The molecule has 1 saturated heterocycles. The molecule has 2 aromatic rings. The summed E-state index contributed by atoms with van der Waals surface area (Å²) in [6, 6.07) is 18.1. The van der Waals surface area contributed by atoms with Crippen LogP contribution in [0.5, 0.6) is 5.75 Å². The summed E-state index contributed by atoms with van der Waals surface area (Å²) < 4.78 is 5.43. The first-order valence-electron chi connectivity index (χ1n) is 10.1. The minimum absolute atomic E-state index is 0.0456. The van der Waals surface area contributed by atoms with Crippen molar-refractivity contribution in [2.24, 2.45) is 5.73 Å². The lowest BCUT2D eigenvalue weighted by Crippen LogP contribution is -2.44. The molecule has 1 atom stereocenters. The van der Waals surface area contributed by atoms with Gasteiger partial charge < -0.3 is 15.4 Å². The monoisotopic (exact) mass is 395 g/mol. The summed E-state index contributed by atoms with van der Waals surface area (Å²) >= 11 is 0. The summed E-state index contributed by atoms with van der Waals surface area (Å²) in [5, 5.41) is 0. The van der Waals surface area contributed by atoms with Gasteiger partial charge in [0.1, 0.15) is 5.75 Å². The van der Waals surface area contributed by atoms with Gasteiger partial charge in [0.25, 0.3) is 0 Å². The molecule has 0 spiro atoms. The van der Waals surface area contributed by atoms with Gasteiger partial charge in [0.15, 0.2) is 0 Å². The maximum absolute atomic E-state index is 13.3. The van der Waals surface area contributed by atoms with Crippen LogP contribution in [0.4, 0.5) is 5.69 Å². The second-order valence-electron chi connectivity index (χ2n) is 7.39. The number of primary amides is 1. The minimum atomic E-state index is -0.430. The lowest BCUT2D eigenvalue weighted by molar-refractivity contribution is -0.120. The first kappa shape index (κ1) is 20.9. The molecule has 2 aromatic carbocycles. The molecule has 2 N–H and O–H groups in total. The van der Waals surface area contributed by atoms with E-state index in [9.17, 15) is 9.59 Å². The Bertz CT molecular complexity index is 825. The Labute approximate surface area is 172 Å². The zero-order valence-electron chi connectivity index (χ0n) is 16.9. The van der Waals surface area contributed by atoms with Gasteiger partial charge in [0, 0.05) is 19.0 Å². The number of rotatable bonds is 9. The van der Waals surface area contributed by atoms with E-state index in [0.29, 0.717) is 24.0 Å². The van der Waals surface area contributed by atoms with E-state index in [0.717, 1.165) is 25.8 Å². The van der Waals surface area contributed by atoms with Gasteiger partial charge in [0.2, 0.25) is 11.8 Å². The number of methoxy groups -OCH3 is 1. The van der Waals surface area contributed by atoms with Gasteiger partial charge >= 0.3 is 0 Å². The Morgan fingerprint density at radius 3 is 2.59 bits per heavy atom. The number of carbonyl (C=O) groups excluding carboxylic acids is 2. The average molecular weight is 396 g/mol. The first-order chi connectivity index (χ1) is 14.1. The van der Waals surface area contributed by atoms with Gasteiger partial charge in [-0.15, -0.1) is 0 Å². The summed E-state index contributed by atoms with van der Waals surface area (Å²) in [6.45, 7) is 1.46. The van der Waals surface area contributed by atoms with Crippen LogP contribution < -0.4 is 15.4 Å². The zero-order valence-corrected chi connectivity index (χ0v) is 16.9. The normalized spacial score (nSPS) is 16.5. The third-order valence-corrected chi connectivity index (χ3v) is 5.41. The third-order valence-electron chi connectivity index (χ3n) is 5.41. The molecule has 1 fully saturated rings. The number of hydrogen-bond acceptors (Lipinski definition) is 4. The first-order valence-corrected chi connectivity index (χ1v) is 10.1. The van der Waals surface area contributed by atoms with Crippen LogP contribution >= 0.6 is 0 Å². The van der Waals surface area contributed by atoms with Gasteiger partial charge in [0.05, 0.1) is 19.3 Å². The molecule has 154 valence electrons. The highest BCUT2D eigenvalue weighted by molar-refractivity contribution is 5.96. The van der Waals surface area contributed by atoms with Crippen LogP contribution in [0.1, 0.15) is 24.8 Å². The van der Waals surface area contributed by atoms with Crippen molar-refractivity contribution in [3.63, 3.8) is 0 Å². The second-order valence-corrected chi connectivity index (χ2v) is 7.39. The zero-order chi connectivity index (χ0) is 20.6. The summed E-state index contributed by atoms with van der Waals surface area (Å²) in [4.78, 5) is 28.5. The van der Waals surface area contributed by atoms with Crippen molar-refractivity contribution in [2.45, 2.75) is 31.7 Å². The van der Waals surface area contributed by atoms with E-state index in [1.807, 2.05) is 42.5 Å². The Kier molecular flexibility index (Phi) is 7.25. The smallest absolute Gasteiger partial charge is 0.241 e. The van der Waals surface area contributed by atoms with Crippen molar-refractivity contribution in [3.8, 4) is 5.75 Å². The van der Waals surface area contributed by atoms with E-state index in [-0.39, 0.29) is 18.9 Å². The SMILES string of the molecule is COc1ccccc1N(CCC(N)=O)C(=O)CN1CCCC1Cc1ccccc1. The van der Waals surface area contributed by atoms with E-state index in [4.69, 9.17) is 10.5 Å². The van der Waals surface area contributed by atoms with Crippen LogP contribution in [0.3, 0.4) is 0 Å². The number of anilines is 1. The molecule has 1 unspecified atom stereocenters. The number of nitrogens with two attached hydrogens (primary N) is 1. The summed E-state index contributed by atoms with van der Waals surface area (Å²) in [5.74, 6) is 0.129. The summed E-state index contributed by atoms with van der Waals surface area (Å²) in [7, 11) is 1.58. The molecule has 2 amide bonds. The second kappa shape index (κ2) is 10.1. The van der Waals surface area contributed by atoms with E-state index in [1.54, 1.807) is 12.0 Å². The summed E-state index contributed by atoms with van der Waals surface area (Å²) in [5.41, 5.74) is 7.29. The lowest BCUT2D eigenvalue weighted by atomic mass is 10.0. The number of likely N-dealkylation sites (tertiary alicyclic amines) is 1. The molecule has 0 aliphatic carbocycles. The average Bonchev–Trinajstić information content (AvgIpc) is 3.15. The summed E-state index contributed by atoms with van der Waals surface area (Å²) in [6.07, 6.45) is 3.21. The van der Waals surface area contributed by atoms with Crippen LogP contribution in [-0.2, 0) is 16.0 Å². The van der Waals surface area contributed by atoms with Crippen LogP contribution in [0.15, 0.2) is 54.6 Å². The van der Waals surface area contributed by atoms with Crippen molar-refractivity contribution in [1.82, 2.24) is 4.90 Å². The molecule has 6 heteroatoms. The van der Waals surface area contributed by atoms with Crippen LogP contribution in [-0.4, -0.2) is 49.5 Å². The van der Waals surface area contributed by atoms with Crippen molar-refractivity contribution < 1.29 is 14.3 Å². The minimum Gasteiger partial charge on any atom is -0.495 e. The molecule has 0 radical (unpaired) electrons. The van der Waals surface area contributed by atoms with E-state index < -0.39 is 5.91 Å². The van der Waals surface area contributed by atoms with E-state index >= 15 is 0 Å². The van der Waals surface area contributed by atoms with Gasteiger partial charge in [-0.1, -0.05) is 42.5 Å². The van der Waals surface area contributed by atoms with Crippen molar-refractivity contribution in [1.29, 1.82) is 0 Å². The molecule has 6 nitrogen and oxygen atoms in total. The maximum Gasteiger partial charge on any atom is 0.241 e. The Morgan fingerprint density at radius 1 is 1.14 bits per heavy atom. The fourth-order valence-corrected chi connectivity index (χ4v) is 3.93. The van der Waals surface area contributed by atoms with Gasteiger partial charge in [-0.2, -0.15) is 0 Å². The van der Waals surface area contributed by atoms with Crippen molar-refractivity contribution >= 4 is 17.5 Å². The number of hydrogen-bond donors (Lipinski definition) is 1.